The van der Waals surface area contributed by atoms with Gasteiger partial charge in [0, 0.05) is 30.4 Å². The molecule has 0 amide bonds. The van der Waals surface area contributed by atoms with E-state index in [2.05, 4.69) is 9.97 Å². The predicted molar refractivity (Wildman–Crippen MR) is 77.5 cm³/mol. The van der Waals surface area contributed by atoms with Gasteiger partial charge in [-0.2, -0.15) is 0 Å². The number of carboxylic acids is 1. The summed E-state index contributed by atoms with van der Waals surface area (Å²) in [6, 6.07) is 5.65. The molecule has 2 heterocycles. The second-order valence-electron chi connectivity index (χ2n) is 4.60. The monoisotopic (exact) mass is 283 g/mol. The number of fused-ring (bicyclic) bond motifs is 1. The fourth-order valence-corrected chi connectivity index (χ4v) is 2.49. The van der Waals surface area contributed by atoms with E-state index in [1.54, 1.807) is 7.11 Å². The Balaban J connectivity index is 2.35. The van der Waals surface area contributed by atoms with Gasteiger partial charge in [-0.3, -0.25) is 0 Å². The van der Waals surface area contributed by atoms with E-state index in [0.29, 0.717) is 5.69 Å². The molecule has 0 radical (unpaired) electrons. The van der Waals surface area contributed by atoms with Gasteiger partial charge in [-0.1, -0.05) is 12.1 Å². The van der Waals surface area contributed by atoms with Crippen LogP contribution in [0.25, 0.3) is 22.2 Å². The van der Waals surface area contributed by atoms with Crippen molar-refractivity contribution in [2.45, 2.75) is 0 Å². The molecular formula is C15H13N3O3. The molecule has 6 heteroatoms. The number of hydrogen-bond donors (Lipinski definition) is 1. The van der Waals surface area contributed by atoms with Gasteiger partial charge < -0.3 is 14.4 Å². The minimum atomic E-state index is -1.05. The number of rotatable bonds is 3. The zero-order chi connectivity index (χ0) is 15.0. The molecule has 21 heavy (non-hydrogen) atoms. The molecule has 3 rings (SSSR count). The quantitative estimate of drug-likeness (QED) is 0.798. The highest BCUT2D eigenvalue weighted by Gasteiger charge is 2.19. The summed E-state index contributed by atoms with van der Waals surface area (Å²) >= 11 is 0. The summed E-state index contributed by atoms with van der Waals surface area (Å²) in [4.78, 5) is 19.3. The Morgan fingerprint density at radius 2 is 2.19 bits per heavy atom. The molecule has 0 spiro atoms. The van der Waals surface area contributed by atoms with Gasteiger partial charge in [-0.05, 0) is 6.07 Å². The Morgan fingerprint density at radius 1 is 1.38 bits per heavy atom. The Labute approximate surface area is 120 Å². The van der Waals surface area contributed by atoms with Crippen LogP contribution in [0.2, 0.25) is 0 Å². The van der Waals surface area contributed by atoms with Crippen LogP contribution in [0.5, 0.6) is 5.75 Å². The average Bonchev–Trinajstić information content (AvgIpc) is 2.84. The van der Waals surface area contributed by atoms with Gasteiger partial charge in [-0.25, -0.2) is 14.8 Å². The van der Waals surface area contributed by atoms with Gasteiger partial charge in [0.25, 0.3) is 0 Å². The van der Waals surface area contributed by atoms with Crippen molar-refractivity contribution in [1.82, 2.24) is 14.5 Å². The van der Waals surface area contributed by atoms with E-state index >= 15 is 0 Å². The van der Waals surface area contributed by atoms with Gasteiger partial charge in [0.15, 0.2) is 0 Å². The first-order valence-corrected chi connectivity index (χ1v) is 6.29. The first kappa shape index (κ1) is 13.1. The zero-order valence-corrected chi connectivity index (χ0v) is 11.6. The van der Waals surface area contributed by atoms with Gasteiger partial charge in [-0.15, -0.1) is 0 Å². The highest BCUT2D eigenvalue weighted by molar-refractivity contribution is 6.03. The molecule has 2 aromatic heterocycles. The Morgan fingerprint density at radius 3 is 2.90 bits per heavy atom. The van der Waals surface area contributed by atoms with Crippen LogP contribution in [0.4, 0.5) is 0 Å². The van der Waals surface area contributed by atoms with E-state index in [4.69, 9.17) is 4.74 Å². The van der Waals surface area contributed by atoms with Gasteiger partial charge in [0.05, 0.1) is 18.3 Å². The number of hydrogen-bond acceptors (Lipinski definition) is 4. The minimum Gasteiger partial charge on any atom is -0.495 e. The average molecular weight is 283 g/mol. The highest BCUT2D eigenvalue weighted by Crippen LogP contribution is 2.35. The summed E-state index contributed by atoms with van der Waals surface area (Å²) in [7, 11) is 3.49. The highest BCUT2D eigenvalue weighted by atomic mass is 16.5. The smallest absolute Gasteiger partial charge is 0.339 e. The van der Waals surface area contributed by atoms with Crippen molar-refractivity contribution in [1.29, 1.82) is 0 Å². The van der Waals surface area contributed by atoms with Crippen LogP contribution in [0.1, 0.15) is 10.4 Å². The van der Waals surface area contributed by atoms with Crippen molar-refractivity contribution in [3.8, 4) is 17.0 Å². The fourth-order valence-electron chi connectivity index (χ4n) is 2.49. The van der Waals surface area contributed by atoms with Crippen LogP contribution >= 0.6 is 0 Å². The molecular weight excluding hydrogens is 270 g/mol. The molecule has 0 fully saturated rings. The number of nitrogens with zero attached hydrogens (tertiary/aromatic N) is 3. The Kier molecular flexibility index (Phi) is 3.06. The molecule has 0 atom stereocenters. The Hall–Kier alpha value is -2.89. The summed E-state index contributed by atoms with van der Waals surface area (Å²) in [5.41, 5.74) is 2.11. The first-order chi connectivity index (χ1) is 10.1. The van der Waals surface area contributed by atoms with Crippen molar-refractivity contribution < 1.29 is 14.6 Å². The van der Waals surface area contributed by atoms with Gasteiger partial charge in [0.1, 0.15) is 17.6 Å². The minimum absolute atomic E-state index is 0.0767. The third-order valence-electron chi connectivity index (χ3n) is 3.38. The van der Waals surface area contributed by atoms with Crippen LogP contribution in [0, 0.1) is 0 Å². The van der Waals surface area contributed by atoms with E-state index < -0.39 is 5.97 Å². The number of carbonyl (C=O) groups is 1. The molecule has 6 nitrogen and oxygen atoms in total. The van der Waals surface area contributed by atoms with Crippen LogP contribution in [0.3, 0.4) is 0 Å². The van der Waals surface area contributed by atoms with E-state index in [-0.39, 0.29) is 5.56 Å². The zero-order valence-electron chi connectivity index (χ0n) is 11.6. The molecule has 106 valence electrons. The summed E-state index contributed by atoms with van der Waals surface area (Å²) in [6.45, 7) is 0. The third kappa shape index (κ3) is 2.01. The molecule has 3 aromatic rings. The molecule has 0 aliphatic rings. The number of methoxy groups -OCH3 is 1. The van der Waals surface area contributed by atoms with Crippen LogP contribution < -0.4 is 4.74 Å². The molecule has 0 unspecified atom stereocenters. The number of para-hydroxylation sites is 1. The lowest BCUT2D eigenvalue weighted by Gasteiger charge is -2.05. The summed E-state index contributed by atoms with van der Waals surface area (Å²) in [5, 5.41) is 10.2. The van der Waals surface area contributed by atoms with Crippen molar-refractivity contribution in [2.75, 3.05) is 7.11 Å². The molecule has 0 bridgehead atoms. The van der Waals surface area contributed by atoms with Crippen molar-refractivity contribution in [3.63, 3.8) is 0 Å². The molecule has 0 aliphatic carbocycles. The molecule has 1 N–H and O–H groups in total. The maximum atomic E-state index is 11.3. The maximum Gasteiger partial charge on any atom is 0.339 e. The van der Waals surface area contributed by atoms with E-state index in [0.717, 1.165) is 22.2 Å². The summed E-state index contributed by atoms with van der Waals surface area (Å²) in [5.74, 6) is -0.322. The van der Waals surface area contributed by atoms with Crippen LogP contribution in [-0.4, -0.2) is 32.7 Å². The SMILES string of the molecule is COc1cccc2c(-c3ncncc3C(=O)O)cn(C)c12. The molecule has 0 saturated heterocycles. The first-order valence-electron chi connectivity index (χ1n) is 6.29. The predicted octanol–water partition coefficient (Wildman–Crippen LogP) is 2.34. The van der Waals surface area contributed by atoms with Crippen LogP contribution in [0.15, 0.2) is 36.9 Å². The van der Waals surface area contributed by atoms with E-state index in [9.17, 15) is 9.90 Å². The van der Waals surface area contributed by atoms with Crippen LogP contribution in [-0.2, 0) is 7.05 Å². The van der Waals surface area contributed by atoms with Crippen molar-refractivity contribution in [3.05, 3.63) is 42.5 Å². The largest absolute Gasteiger partial charge is 0.495 e. The molecule has 0 aliphatic heterocycles. The lowest BCUT2D eigenvalue weighted by atomic mass is 10.1. The standard InChI is InChI=1S/C15H13N3O3/c1-18-7-11(9-4-3-5-12(21-2)14(9)18)13-10(15(19)20)6-16-8-17-13/h3-8H,1-2H3,(H,19,20). The number of aromatic nitrogens is 3. The maximum absolute atomic E-state index is 11.3. The number of benzene rings is 1. The third-order valence-corrected chi connectivity index (χ3v) is 3.38. The normalized spacial score (nSPS) is 10.8. The van der Waals surface area contributed by atoms with E-state index in [1.165, 1.54) is 12.5 Å². The number of ether oxygens (including phenoxy) is 1. The Bertz CT molecular complexity index is 839. The summed E-state index contributed by atoms with van der Waals surface area (Å²) in [6.07, 6.45) is 4.51. The number of aryl methyl sites for hydroxylation is 1. The number of aromatic carboxylic acids is 1. The second-order valence-corrected chi connectivity index (χ2v) is 4.60. The number of carboxylic acid groups (broad SMARTS) is 1. The molecule has 1 aromatic carbocycles. The molecule has 0 saturated carbocycles. The lowest BCUT2D eigenvalue weighted by molar-refractivity contribution is 0.0697. The fraction of sp³-hybridized carbons (Fsp3) is 0.133. The van der Waals surface area contributed by atoms with Gasteiger partial charge >= 0.3 is 5.97 Å². The topological polar surface area (TPSA) is 77.2 Å². The van der Waals surface area contributed by atoms with Crippen molar-refractivity contribution in [2.24, 2.45) is 7.05 Å². The van der Waals surface area contributed by atoms with E-state index in [1.807, 2.05) is 36.0 Å². The lowest BCUT2D eigenvalue weighted by Crippen LogP contribution is -2.02. The van der Waals surface area contributed by atoms with Crippen molar-refractivity contribution >= 4 is 16.9 Å². The second kappa shape index (κ2) is 4.90. The summed E-state index contributed by atoms with van der Waals surface area (Å²) < 4.78 is 7.27. The van der Waals surface area contributed by atoms with Gasteiger partial charge in [0.2, 0.25) is 0 Å².